The standard InChI is InChI=1S/C33H35N3O4Si/c1-33(2,3)41(4,5)40-21-22-10-12-23(13-11-22)29(20-36-31(38)27-8-6-7-9-28(27)32(36)39)30(37)35-26-15-14-25-19-34-17-16-24(25)18-26/h6-19,29H,20-21H2,1-5H3,(H,35,37). The molecule has 0 aliphatic carbocycles. The van der Waals surface area contributed by atoms with Crippen LogP contribution in [0, 0.1) is 0 Å². The monoisotopic (exact) mass is 565 g/mol. The number of carbonyl (C=O) groups excluding carboxylic acids is 3. The van der Waals surface area contributed by atoms with Crippen molar-refractivity contribution in [2.24, 2.45) is 0 Å². The van der Waals surface area contributed by atoms with E-state index in [4.69, 9.17) is 4.43 Å². The van der Waals surface area contributed by atoms with E-state index in [1.54, 1.807) is 36.7 Å². The number of carbonyl (C=O) groups is 3. The van der Waals surface area contributed by atoms with E-state index in [1.807, 2.05) is 48.5 Å². The van der Waals surface area contributed by atoms with E-state index in [1.165, 1.54) is 4.90 Å². The molecule has 1 unspecified atom stereocenters. The number of benzene rings is 3. The summed E-state index contributed by atoms with van der Waals surface area (Å²) in [5.74, 6) is -1.86. The Hall–Kier alpha value is -4.14. The zero-order chi connectivity index (χ0) is 29.4. The van der Waals surface area contributed by atoms with E-state index in [2.05, 4.69) is 44.2 Å². The van der Waals surface area contributed by atoms with Crippen LogP contribution in [-0.4, -0.2) is 42.5 Å². The average Bonchev–Trinajstić information content (AvgIpc) is 3.19. The van der Waals surface area contributed by atoms with Crippen molar-refractivity contribution < 1.29 is 18.8 Å². The predicted octanol–water partition coefficient (Wildman–Crippen LogP) is 6.78. The van der Waals surface area contributed by atoms with E-state index in [9.17, 15) is 14.4 Å². The number of rotatable bonds is 8. The van der Waals surface area contributed by atoms with Crippen LogP contribution in [0.4, 0.5) is 5.69 Å². The summed E-state index contributed by atoms with van der Waals surface area (Å²) < 4.78 is 6.37. The maximum atomic E-state index is 13.8. The van der Waals surface area contributed by atoms with Gasteiger partial charge in [0.1, 0.15) is 0 Å². The second-order valence-corrected chi connectivity index (χ2v) is 16.8. The van der Waals surface area contributed by atoms with Gasteiger partial charge in [-0.1, -0.05) is 63.2 Å². The number of aromatic nitrogens is 1. The highest BCUT2D eigenvalue weighted by molar-refractivity contribution is 6.74. The number of nitrogens with zero attached hydrogens (tertiary/aromatic N) is 2. The van der Waals surface area contributed by atoms with Crippen LogP contribution < -0.4 is 5.32 Å². The maximum absolute atomic E-state index is 13.8. The van der Waals surface area contributed by atoms with Gasteiger partial charge in [-0.15, -0.1) is 0 Å². The minimum atomic E-state index is -1.92. The van der Waals surface area contributed by atoms with Gasteiger partial charge in [0, 0.05) is 30.0 Å². The van der Waals surface area contributed by atoms with Gasteiger partial charge in [-0.05, 0) is 65.0 Å². The van der Waals surface area contributed by atoms with E-state index in [0.717, 1.165) is 16.3 Å². The largest absolute Gasteiger partial charge is 0.413 e. The summed E-state index contributed by atoms with van der Waals surface area (Å²) in [5.41, 5.74) is 3.05. The maximum Gasteiger partial charge on any atom is 0.261 e. The lowest BCUT2D eigenvalue weighted by Crippen LogP contribution is -2.40. The van der Waals surface area contributed by atoms with Crippen molar-refractivity contribution in [3.05, 3.63) is 107 Å². The molecule has 7 nitrogen and oxygen atoms in total. The zero-order valence-electron chi connectivity index (χ0n) is 24.1. The van der Waals surface area contributed by atoms with Gasteiger partial charge in [-0.25, -0.2) is 0 Å². The summed E-state index contributed by atoms with van der Waals surface area (Å²) in [6, 6.07) is 21.9. The first kappa shape index (κ1) is 28.4. The first-order chi connectivity index (χ1) is 19.4. The van der Waals surface area contributed by atoms with Crippen LogP contribution in [0.25, 0.3) is 10.8 Å². The smallest absolute Gasteiger partial charge is 0.261 e. The van der Waals surface area contributed by atoms with Gasteiger partial charge in [-0.2, -0.15) is 0 Å². The van der Waals surface area contributed by atoms with Crippen molar-refractivity contribution in [2.45, 2.75) is 51.4 Å². The minimum Gasteiger partial charge on any atom is -0.413 e. The van der Waals surface area contributed by atoms with Crippen molar-refractivity contribution in [1.82, 2.24) is 9.88 Å². The van der Waals surface area contributed by atoms with Crippen molar-refractivity contribution in [3.8, 4) is 0 Å². The van der Waals surface area contributed by atoms with E-state index in [0.29, 0.717) is 29.0 Å². The molecule has 3 amide bonds. The van der Waals surface area contributed by atoms with Crippen LogP contribution in [-0.2, 0) is 15.8 Å². The van der Waals surface area contributed by atoms with Gasteiger partial charge in [0.15, 0.2) is 8.32 Å². The molecule has 41 heavy (non-hydrogen) atoms. The molecule has 0 spiro atoms. The van der Waals surface area contributed by atoms with Crippen molar-refractivity contribution in [3.63, 3.8) is 0 Å². The molecular weight excluding hydrogens is 530 g/mol. The fourth-order valence-corrected chi connectivity index (χ4v) is 5.60. The highest BCUT2D eigenvalue weighted by atomic mass is 28.4. The van der Waals surface area contributed by atoms with Gasteiger partial charge in [0.05, 0.1) is 23.7 Å². The second kappa shape index (κ2) is 11.0. The molecule has 2 heterocycles. The number of pyridine rings is 1. The SMILES string of the molecule is CC(C)(C)[Si](C)(C)OCc1ccc(C(CN2C(=O)c3ccccc3C2=O)C(=O)Nc2ccc3cnccc3c2)cc1. The molecule has 0 saturated heterocycles. The molecule has 5 rings (SSSR count). The predicted molar refractivity (Wildman–Crippen MR) is 163 cm³/mol. The van der Waals surface area contributed by atoms with Crippen LogP contribution >= 0.6 is 0 Å². The number of hydrogen-bond donors (Lipinski definition) is 1. The molecule has 8 heteroatoms. The molecule has 0 radical (unpaired) electrons. The number of amides is 3. The lowest BCUT2D eigenvalue weighted by atomic mass is 9.96. The third-order valence-electron chi connectivity index (χ3n) is 8.26. The highest BCUT2D eigenvalue weighted by Crippen LogP contribution is 2.37. The molecule has 210 valence electrons. The van der Waals surface area contributed by atoms with E-state index >= 15 is 0 Å². The summed E-state index contributed by atoms with van der Waals surface area (Å²) >= 11 is 0. The molecular formula is C33H35N3O4Si. The van der Waals surface area contributed by atoms with Gasteiger partial charge in [0.25, 0.3) is 11.8 Å². The first-order valence-corrected chi connectivity index (χ1v) is 16.7. The Kier molecular flexibility index (Phi) is 7.63. The van der Waals surface area contributed by atoms with E-state index < -0.39 is 14.2 Å². The molecule has 3 aromatic carbocycles. The molecule has 1 aliphatic rings. The highest BCUT2D eigenvalue weighted by Gasteiger charge is 2.39. The summed E-state index contributed by atoms with van der Waals surface area (Å²) in [7, 11) is -1.92. The van der Waals surface area contributed by atoms with Crippen LogP contribution in [0.5, 0.6) is 0 Å². The Labute approximate surface area is 241 Å². The fraction of sp³-hybridized carbons (Fsp3) is 0.273. The summed E-state index contributed by atoms with van der Waals surface area (Å²) in [5, 5.41) is 5.01. The molecule has 1 atom stereocenters. The van der Waals surface area contributed by atoms with Gasteiger partial charge in [0.2, 0.25) is 5.91 Å². The van der Waals surface area contributed by atoms with Gasteiger partial charge < -0.3 is 9.74 Å². The van der Waals surface area contributed by atoms with Crippen LogP contribution in [0.1, 0.15) is 58.5 Å². The van der Waals surface area contributed by atoms with Gasteiger partial charge in [-0.3, -0.25) is 24.3 Å². The van der Waals surface area contributed by atoms with Crippen LogP contribution in [0.2, 0.25) is 18.1 Å². The van der Waals surface area contributed by atoms with Crippen molar-refractivity contribution in [2.75, 3.05) is 11.9 Å². The summed E-state index contributed by atoms with van der Waals surface area (Å²) in [6.07, 6.45) is 3.47. The Balaban J connectivity index is 1.41. The Morgan fingerprint density at radius 1 is 0.927 bits per heavy atom. The first-order valence-electron chi connectivity index (χ1n) is 13.8. The normalized spacial score (nSPS) is 14.3. The quantitative estimate of drug-likeness (QED) is 0.188. The lowest BCUT2D eigenvalue weighted by molar-refractivity contribution is -0.117. The Morgan fingerprint density at radius 3 is 2.22 bits per heavy atom. The summed E-state index contributed by atoms with van der Waals surface area (Å²) in [4.78, 5) is 45.4. The number of imide groups is 1. The van der Waals surface area contributed by atoms with Crippen LogP contribution in [0.15, 0.2) is 85.2 Å². The minimum absolute atomic E-state index is 0.0739. The molecule has 1 N–H and O–H groups in total. The molecule has 0 bridgehead atoms. The third kappa shape index (κ3) is 5.85. The molecule has 1 aliphatic heterocycles. The topological polar surface area (TPSA) is 88.6 Å². The summed E-state index contributed by atoms with van der Waals surface area (Å²) in [6.45, 7) is 11.5. The fourth-order valence-electron chi connectivity index (χ4n) is 4.64. The number of nitrogens with one attached hydrogen (secondary N) is 1. The van der Waals surface area contributed by atoms with E-state index in [-0.39, 0.29) is 29.3 Å². The molecule has 0 fully saturated rings. The van der Waals surface area contributed by atoms with Crippen LogP contribution in [0.3, 0.4) is 0 Å². The number of anilines is 1. The number of fused-ring (bicyclic) bond motifs is 2. The third-order valence-corrected chi connectivity index (χ3v) is 12.7. The molecule has 1 aromatic heterocycles. The second-order valence-electron chi connectivity index (χ2n) is 12.0. The van der Waals surface area contributed by atoms with Crippen molar-refractivity contribution in [1.29, 1.82) is 0 Å². The molecule has 4 aromatic rings. The van der Waals surface area contributed by atoms with Gasteiger partial charge >= 0.3 is 0 Å². The van der Waals surface area contributed by atoms with Crippen molar-refractivity contribution >= 4 is 42.5 Å². The number of hydrogen-bond acceptors (Lipinski definition) is 5. The Bertz CT molecular complexity index is 1590. The zero-order valence-corrected chi connectivity index (χ0v) is 25.1. The average molecular weight is 566 g/mol. The Morgan fingerprint density at radius 2 is 1.59 bits per heavy atom. The molecule has 0 saturated carbocycles. The lowest BCUT2D eigenvalue weighted by Gasteiger charge is -2.36.